The van der Waals surface area contributed by atoms with Crippen molar-refractivity contribution in [3.8, 4) is 0 Å². The highest BCUT2D eigenvalue weighted by Gasteiger charge is 2.70. The van der Waals surface area contributed by atoms with Crippen molar-refractivity contribution in [2.75, 3.05) is 12.4 Å². The second-order valence-electron chi connectivity index (χ2n) is 8.84. The second kappa shape index (κ2) is 7.77. The first-order valence-electron chi connectivity index (χ1n) is 10.8. The molecule has 5 nitrogen and oxygen atoms in total. The van der Waals surface area contributed by atoms with E-state index in [0.717, 1.165) is 23.5 Å². The maximum atomic E-state index is 13.3. The van der Waals surface area contributed by atoms with E-state index in [9.17, 15) is 15.1 Å². The fourth-order valence-electron chi connectivity index (χ4n) is 5.85. The maximum absolute atomic E-state index is 13.3. The number of carbonyl (C=O) groups excluding carboxylic acids is 1. The topological polar surface area (TPSA) is 63.6 Å². The molecule has 0 radical (unpaired) electrons. The lowest BCUT2D eigenvalue weighted by molar-refractivity contribution is -1.01. The number of quaternary nitrogens is 1. The van der Waals surface area contributed by atoms with Crippen LogP contribution in [0.3, 0.4) is 0 Å². The Hall–Kier alpha value is -1.70. The van der Waals surface area contributed by atoms with Gasteiger partial charge in [0, 0.05) is 25.8 Å². The summed E-state index contributed by atoms with van der Waals surface area (Å²) in [5.41, 5.74) is 0.771. The van der Waals surface area contributed by atoms with Crippen LogP contribution in [0.15, 0.2) is 60.7 Å². The van der Waals surface area contributed by atoms with E-state index >= 15 is 0 Å². The van der Waals surface area contributed by atoms with Crippen molar-refractivity contribution >= 4 is 17.5 Å². The van der Waals surface area contributed by atoms with Gasteiger partial charge >= 0.3 is 0 Å². The minimum atomic E-state index is -1.47. The quantitative estimate of drug-likeness (QED) is 0.756. The molecule has 3 aliphatic rings. The number of fused-ring (bicyclic) bond motifs is 1. The predicted octanol–water partition coefficient (Wildman–Crippen LogP) is 3.83. The Kier molecular flexibility index (Phi) is 5.24. The van der Waals surface area contributed by atoms with Crippen molar-refractivity contribution in [2.45, 2.75) is 55.3 Å². The zero-order valence-electron chi connectivity index (χ0n) is 17.0. The number of benzene rings is 2. The summed E-state index contributed by atoms with van der Waals surface area (Å²) in [4.78, 5) is 13.2. The van der Waals surface area contributed by atoms with Gasteiger partial charge in [-0.25, -0.2) is 0 Å². The van der Waals surface area contributed by atoms with Crippen molar-refractivity contribution in [3.05, 3.63) is 77.0 Å². The molecule has 1 N–H and O–H groups in total. The summed E-state index contributed by atoms with van der Waals surface area (Å²) in [6, 6.07) is 20.1. The van der Waals surface area contributed by atoms with Crippen molar-refractivity contribution in [3.63, 3.8) is 0 Å². The van der Waals surface area contributed by atoms with Crippen LogP contribution >= 0.6 is 11.8 Å². The molecule has 0 amide bonds. The standard InChI is InChI=1S/C24H28N2O3S/c27-21-13-7-8-14-24(21,28)26-17-30-23(19-11-5-2-6-12-19)20(26)16-25(29)22(26)15-18-9-3-1-4-10-18/h1-6,9-12,20,22-23,28H,7-8,13-17H2. The Morgan fingerprint density at radius 2 is 1.80 bits per heavy atom. The third-order valence-electron chi connectivity index (χ3n) is 7.34. The summed E-state index contributed by atoms with van der Waals surface area (Å²) in [5, 5.41) is 26.6. The number of carbonyl (C=O) groups is 1. The lowest BCUT2D eigenvalue weighted by atomic mass is 9.84. The molecule has 1 saturated carbocycles. The van der Waals surface area contributed by atoms with Gasteiger partial charge in [0.1, 0.15) is 18.1 Å². The van der Waals surface area contributed by atoms with Crippen LogP contribution in [0.2, 0.25) is 0 Å². The van der Waals surface area contributed by atoms with Crippen molar-refractivity contribution in [1.29, 1.82) is 0 Å². The molecule has 5 atom stereocenters. The molecule has 158 valence electrons. The molecule has 1 aliphatic carbocycles. The molecule has 2 aliphatic heterocycles. The van der Waals surface area contributed by atoms with Gasteiger partial charge in [0.05, 0.1) is 5.25 Å². The predicted molar refractivity (Wildman–Crippen MR) is 118 cm³/mol. The molecule has 3 fully saturated rings. The summed E-state index contributed by atoms with van der Waals surface area (Å²) in [7, 11) is 0. The molecule has 5 rings (SSSR count). The van der Waals surface area contributed by atoms with Gasteiger partial charge in [0.25, 0.3) is 5.72 Å². The van der Waals surface area contributed by atoms with E-state index in [2.05, 4.69) is 12.1 Å². The van der Waals surface area contributed by atoms with Crippen molar-refractivity contribution < 1.29 is 14.4 Å². The van der Waals surface area contributed by atoms with Crippen LogP contribution < -0.4 is 0 Å². The number of aliphatic hydroxyl groups is 1. The zero-order chi connectivity index (χ0) is 20.8. The van der Waals surface area contributed by atoms with Crippen LogP contribution in [0, 0.1) is 5.21 Å². The molecule has 2 aromatic carbocycles. The van der Waals surface area contributed by atoms with Crippen LogP contribution in [-0.2, 0) is 11.2 Å². The highest BCUT2D eigenvalue weighted by molar-refractivity contribution is 7.99. The monoisotopic (exact) mass is 424 g/mol. The fourth-order valence-corrected chi connectivity index (χ4v) is 7.71. The van der Waals surface area contributed by atoms with Gasteiger partial charge in [0.2, 0.25) is 5.78 Å². The Bertz CT molecular complexity index is 907. The highest BCUT2D eigenvalue weighted by atomic mass is 32.2. The Morgan fingerprint density at radius 1 is 1.10 bits per heavy atom. The molecule has 0 spiro atoms. The second-order valence-corrected chi connectivity index (χ2v) is 9.94. The lowest BCUT2D eigenvalue weighted by Crippen LogP contribution is -2.73. The highest BCUT2D eigenvalue weighted by Crippen LogP contribution is 2.57. The van der Waals surface area contributed by atoms with Gasteiger partial charge in [-0.3, -0.25) is 9.28 Å². The van der Waals surface area contributed by atoms with Gasteiger partial charge in [-0.1, -0.05) is 72.4 Å². The molecule has 2 aromatic rings. The average molecular weight is 425 g/mol. The van der Waals surface area contributed by atoms with E-state index in [4.69, 9.17) is 0 Å². The van der Waals surface area contributed by atoms with Crippen LogP contribution in [0.4, 0.5) is 0 Å². The lowest BCUT2D eigenvalue weighted by Gasteiger charge is -2.52. The minimum Gasteiger partial charge on any atom is -0.781 e. The molecule has 0 aromatic heterocycles. The summed E-state index contributed by atoms with van der Waals surface area (Å²) in [5.74, 6) is 0.504. The van der Waals surface area contributed by atoms with Gasteiger partial charge < -0.3 is 15.4 Å². The largest absolute Gasteiger partial charge is 0.781 e. The number of ketones is 1. The summed E-state index contributed by atoms with van der Waals surface area (Å²) in [6.07, 6.45) is 2.59. The molecule has 0 bridgehead atoms. The van der Waals surface area contributed by atoms with Crippen LogP contribution in [0.5, 0.6) is 0 Å². The number of hydroxylamine groups is 2. The Morgan fingerprint density at radius 3 is 2.50 bits per heavy atom. The first-order chi connectivity index (χ1) is 14.6. The van der Waals surface area contributed by atoms with E-state index in [-0.39, 0.29) is 21.6 Å². The van der Waals surface area contributed by atoms with Gasteiger partial charge in [0.15, 0.2) is 0 Å². The Labute approximate surface area is 181 Å². The number of Topliss-reactive ketones (excluding diaryl/α,β-unsaturated/α-hetero) is 1. The molecule has 2 saturated heterocycles. The molecule has 6 heteroatoms. The van der Waals surface area contributed by atoms with Crippen LogP contribution in [0.25, 0.3) is 0 Å². The molecule has 2 heterocycles. The van der Waals surface area contributed by atoms with E-state index in [1.165, 1.54) is 5.56 Å². The smallest absolute Gasteiger partial charge is 0.263 e. The van der Waals surface area contributed by atoms with Gasteiger partial charge in [-0.05, 0) is 24.0 Å². The normalized spacial score (nSPS) is 36.7. The summed E-state index contributed by atoms with van der Waals surface area (Å²) in [6.45, 7) is 0.347. The first-order valence-corrected chi connectivity index (χ1v) is 11.9. The number of hydrogen-bond acceptors (Lipinski definition) is 5. The van der Waals surface area contributed by atoms with Crippen molar-refractivity contribution in [1.82, 2.24) is 5.06 Å². The number of rotatable bonds is 4. The molecule has 30 heavy (non-hydrogen) atoms. The SMILES string of the molecule is O=C1CCCCC1(O)[N+]12CSC(c3ccccc3)C1CN([O-])C2Cc1ccccc1. The maximum Gasteiger partial charge on any atom is 0.263 e. The summed E-state index contributed by atoms with van der Waals surface area (Å²) >= 11 is 1.79. The van der Waals surface area contributed by atoms with E-state index < -0.39 is 11.9 Å². The zero-order valence-corrected chi connectivity index (χ0v) is 17.8. The van der Waals surface area contributed by atoms with Crippen LogP contribution in [0.1, 0.15) is 42.1 Å². The van der Waals surface area contributed by atoms with Crippen LogP contribution in [-0.4, -0.2) is 50.8 Å². The van der Waals surface area contributed by atoms with E-state index in [0.29, 0.717) is 31.7 Å². The van der Waals surface area contributed by atoms with Gasteiger partial charge in [-0.2, -0.15) is 0 Å². The van der Waals surface area contributed by atoms with Gasteiger partial charge in [-0.15, -0.1) is 0 Å². The third-order valence-corrected chi connectivity index (χ3v) is 8.87. The van der Waals surface area contributed by atoms with E-state index in [1.54, 1.807) is 11.8 Å². The number of nitrogens with zero attached hydrogens (tertiary/aromatic N) is 2. The minimum absolute atomic E-state index is 0.0820. The van der Waals surface area contributed by atoms with E-state index in [1.807, 2.05) is 48.5 Å². The summed E-state index contributed by atoms with van der Waals surface area (Å²) < 4.78 is 0.189. The third kappa shape index (κ3) is 2.97. The van der Waals surface area contributed by atoms with Crippen molar-refractivity contribution in [2.24, 2.45) is 0 Å². The molecular formula is C24H28N2O3S. The average Bonchev–Trinajstić information content (AvgIpc) is 3.28. The fraction of sp³-hybridized carbons (Fsp3) is 0.458. The molecule has 5 unspecified atom stereocenters. The Balaban J connectivity index is 1.60. The number of hydrogen-bond donors (Lipinski definition) is 1. The first kappa shape index (κ1) is 20.2. The molecular weight excluding hydrogens is 396 g/mol. The number of thioether (sulfide) groups is 1.